The Hall–Kier alpha value is -8.86. The summed E-state index contributed by atoms with van der Waals surface area (Å²) >= 11 is 0. The second-order valence-corrected chi connectivity index (χ2v) is 16.3. The monoisotopic (exact) mass is 842 g/mol. The molecule has 0 unspecified atom stereocenters. The lowest BCUT2D eigenvalue weighted by Crippen LogP contribution is -1.95. The second-order valence-electron chi connectivity index (χ2n) is 16.3. The lowest BCUT2D eigenvalue weighted by Gasteiger charge is -2.11. The average Bonchev–Trinajstić information content (AvgIpc) is 3.42. The molecular formula is C62H42N4. The van der Waals surface area contributed by atoms with Crippen molar-refractivity contribution in [1.82, 2.24) is 19.9 Å². The van der Waals surface area contributed by atoms with Crippen LogP contribution in [0.4, 0.5) is 0 Å². The van der Waals surface area contributed by atoms with Gasteiger partial charge in [-0.25, -0.2) is 19.9 Å². The number of hydrogen-bond donors (Lipinski definition) is 0. The van der Waals surface area contributed by atoms with E-state index in [-0.39, 0.29) is 0 Å². The molecule has 0 amide bonds. The quantitative estimate of drug-likeness (QED) is 0.138. The summed E-state index contributed by atoms with van der Waals surface area (Å²) in [4.78, 5) is 19.9. The van der Waals surface area contributed by atoms with Crippen LogP contribution in [0.5, 0.6) is 0 Å². The van der Waals surface area contributed by atoms with Gasteiger partial charge in [0.15, 0.2) is 11.6 Å². The molecular weight excluding hydrogens is 801 g/mol. The highest BCUT2D eigenvalue weighted by Gasteiger charge is 2.13. The van der Waals surface area contributed by atoms with Gasteiger partial charge in [-0.15, -0.1) is 0 Å². The zero-order valence-corrected chi connectivity index (χ0v) is 36.0. The fourth-order valence-corrected chi connectivity index (χ4v) is 8.39. The Bertz CT molecular complexity index is 3050. The number of aromatic nitrogens is 4. The SMILES string of the molecule is c1ccc(-c2cc(-c3ccc(-c4ccc(-c5cccc(-c6ccc(-c7ccc(-c8cc(-c9ccccc9)nc(-c9ccccc9)n8)cc7)cc6)c5)cc4)cc3)nc(-c3ccccc3)n2)cc1. The summed E-state index contributed by atoms with van der Waals surface area (Å²) in [5, 5.41) is 0. The van der Waals surface area contributed by atoms with Crippen LogP contribution >= 0.6 is 0 Å². The van der Waals surface area contributed by atoms with Gasteiger partial charge in [0.25, 0.3) is 0 Å². The maximum atomic E-state index is 5.01. The van der Waals surface area contributed by atoms with Crippen LogP contribution in [0.1, 0.15) is 0 Å². The molecule has 0 bridgehead atoms. The molecule has 0 aliphatic carbocycles. The minimum atomic E-state index is 0.714. The van der Waals surface area contributed by atoms with Gasteiger partial charge in [-0.2, -0.15) is 0 Å². The summed E-state index contributed by atoms with van der Waals surface area (Å²) in [7, 11) is 0. The second kappa shape index (κ2) is 18.1. The minimum absolute atomic E-state index is 0.714. The highest BCUT2D eigenvalue weighted by atomic mass is 14.9. The van der Waals surface area contributed by atoms with E-state index in [0.29, 0.717) is 11.6 Å². The molecule has 0 saturated carbocycles. The lowest BCUT2D eigenvalue weighted by molar-refractivity contribution is 1.18. The third-order valence-corrected chi connectivity index (χ3v) is 12.0. The summed E-state index contributed by atoms with van der Waals surface area (Å²) < 4.78 is 0. The Kier molecular flexibility index (Phi) is 10.9. The Labute approximate surface area is 385 Å². The average molecular weight is 843 g/mol. The predicted octanol–water partition coefficient (Wildman–Crippen LogP) is 15.9. The molecule has 2 aromatic heterocycles. The van der Waals surface area contributed by atoms with E-state index >= 15 is 0 Å². The van der Waals surface area contributed by atoms with Crippen LogP contribution in [-0.2, 0) is 0 Å². The van der Waals surface area contributed by atoms with Gasteiger partial charge in [-0.1, -0.05) is 237 Å². The molecule has 310 valence electrons. The fourth-order valence-electron chi connectivity index (χ4n) is 8.39. The predicted molar refractivity (Wildman–Crippen MR) is 272 cm³/mol. The Balaban J connectivity index is 0.797. The maximum Gasteiger partial charge on any atom is 0.160 e. The molecule has 0 fully saturated rings. The number of benzene rings is 9. The van der Waals surface area contributed by atoms with E-state index in [1.54, 1.807) is 0 Å². The van der Waals surface area contributed by atoms with Crippen molar-refractivity contribution >= 4 is 0 Å². The van der Waals surface area contributed by atoms with E-state index in [0.717, 1.165) is 78.4 Å². The number of nitrogens with zero attached hydrogens (tertiary/aromatic N) is 4. The largest absolute Gasteiger partial charge is 0.228 e. The van der Waals surface area contributed by atoms with Crippen molar-refractivity contribution in [2.75, 3.05) is 0 Å². The fraction of sp³-hybridized carbons (Fsp3) is 0. The van der Waals surface area contributed by atoms with E-state index in [1.807, 2.05) is 72.8 Å². The van der Waals surface area contributed by atoms with Gasteiger partial charge in [-0.05, 0) is 62.7 Å². The van der Waals surface area contributed by atoms with Gasteiger partial charge >= 0.3 is 0 Å². The molecule has 9 aromatic carbocycles. The normalized spacial score (nSPS) is 11.0. The van der Waals surface area contributed by atoms with Crippen molar-refractivity contribution in [1.29, 1.82) is 0 Å². The molecule has 66 heavy (non-hydrogen) atoms. The third-order valence-electron chi connectivity index (χ3n) is 12.0. The van der Waals surface area contributed by atoms with Crippen LogP contribution in [0.25, 0.3) is 112 Å². The van der Waals surface area contributed by atoms with Crippen LogP contribution < -0.4 is 0 Å². The molecule has 4 heteroatoms. The van der Waals surface area contributed by atoms with Gasteiger partial charge in [0, 0.05) is 33.4 Å². The molecule has 0 aliphatic heterocycles. The van der Waals surface area contributed by atoms with Crippen molar-refractivity contribution in [3.05, 3.63) is 255 Å². The summed E-state index contributed by atoms with van der Waals surface area (Å²) in [5.41, 5.74) is 19.1. The Morgan fingerprint density at radius 3 is 0.652 bits per heavy atom. The molecule has 2 heterocycles. The van der Waals surface area contributed by atoms with Crippen LogP contribution in [0, 0.1) is 0 Å². The van der Waals surface area contributed by atoms with Crippen LogP contribution in [0.2, 0.25) is 0 Å². The van der Waals surface area contributed by atoms with E-state index in [4.69, 9.17) is 19.9 Å². The van der Waals surface area contributed by atoms with Crippen LogP contribution in [-0.4, -0.2) is 19.9 Å². The van der Waals surface area contributed by atoms with Crippen LogP contribution in [0.15, 0.2) is 255 Å². The molecule has 0 saturated heterocycles. The van der Waals surface area contributed by atoms with E-state index in [2.05, 4.69) is 182 Å². The number of hydrogen-bond acceptors (Lipinski definition) is 4. The Morgan fingerprint density at radius 2 is 0.364 bits per heavy atom. The highest BCUT2D eigenvalue weighted by Crippen LogP contribution is 2.34. The van der Waals surface area contributed by atoms with Crippen molar-refractivity contribution < 1.29 is 0 Å². The third kappa shape index (κ3) is 8.59. The molecule has 0 N–H and O–H groups in total. The van der Waals surface area contributed by atoms with Gasteiger partial charge in [0.05, 0.1) is 22.8 Å². The van der Waals surface area contributed by atoms with Crippen LogP contribution in [0.3, 0.4) is 0 Å². The van der Waals surface area contributed by atoms with Crippen molar-refractivity contribution in [3.8, 4) is 112 Å². The van der Waals surface area contributed by atoms with Gasteiger partial charge < -0.3 is 0 Å². The van der Waals surface area contributed by atoms with Crippen molar-refractivity contribution in [2.45, 2.75) is 0 Å². The highest BCUT2D eigenvalue weighted by molar-refractivity contribution is 5.79. The molecule has 0 atom stereocenters. The lowest BCUT2D eigenvalue weighted by atomic mass is 9.95. The molecule has 11 aromatic rings. The zero-order valence-electron chi connectivity index (χ0n) is 36.0. The molecule has 0 aliphatic rings. The first kappa shape index (κ1) is 40.0. The summed E-state index contributed by atoms with van der Waals surface area (Å²) in [5.74, 6) is 1.43. The van der Waals surface area contributed by atoms with Gasteiger partial charge in [-0.3, -0.25) is 0 Å². The summed E-state index contributed by atoms with van der Waals surface area (Å²) in [6.45, 7) is 0. The topological polar surface area (TPSA) is 51.6 Å². The van der Waals surface area contributed by atoms with E-state index in [9.17, 15) is 0 Å². The van der Waals surface area contributed by atoms with Gasteiger partial charge in [0.2, 0.25) is 0 Å². The number of rotatable bonds is 10. The standard InChI is InChI=1S/C62H42N4/c1-5-14-49(15-6-1)57-41-59(65-61(63-57)53-18-9-3-10-19-53)51-36-32-45(33-37-51)43-24-28-47(29-25-43)55-22-13-23-56(40-55)48-30-26-44(27-31-48)46-34-38-52(39-35-46)60-42-58(50-16-7-2-8-17-50)64-62(66-60)54-20-11-4-12-21-54/h1-42H. The zero-order chi connectivity index (χ0) is 44.1. The molecule has 0 radical (unpaired) electrons. The first-order chi connectivity index (χ1) is 32.7. The smallest absolute Gasteiger partial charge is 0.160 e. The minimum Gasteiger partial charge on any atom is -0.228 e. The van der Waals surface area contributed by atoms with E-state index < -0.39 is 0 Å². The molecule has 4 nitrogen and oxygen atoms in total. The van der Waals surface area contributed by atoms with Crippen molar-refractivity contribution in [2.24, 2.45) is 0 Å². The summed E-state index contributed by atoms with van der Waals surface area (Å²) in [6, 6.07) is 88.9. The molecule has 11 rings (SSSR count). The summed E-state index contributed by atoms with van der Waals surface area (Å²) in [6.07, 6.45) is 0. The van der Waals surface area contributed by atoms with E-state index in [1.165, 1.54) is 22.3 Å². The maximum absolute atomic E-state index is 5.01. The van der Waals surface area contributed by atoms with Crippen molar-refractivity contribution in [3.63, 3.8) is 0 Å². The molecule has 0 spiro atoms. The Morgan fingerprint density at radius 1 is 0.152 bits per heavy atom. The first-order valence-corrected chi connectivity index (χ1v) is 22.2. The van der Waals surface area contributed by atoms with Gasteiger partial charge in [0.1, 0.15) is 0 Å². The first-order valence-electron chi connectivity index (χ1n) is 22.2.